The maximum absolute atomic E-state index is 12.4. The van der Waals surface area contributed by atoms with Crippen molar-refractivity contribution in [2.45, 2.75) is 26.3 Å². The highest BCUT2D eigenvalue weighted by Crippen LogP contribution is 2.28. The Kier molecular flexibility index (Phi) is 9.04. The first-order valence-electron chi connectivity index (χ1n) is 9.35. The molecule has 0 saturated heterocycles. The van der Waals surface area contributed by atoms with Crippen LogP contribution in [-0.2, 0) is 6.54 Å². The van der Waals surface area contributed by atoms with Crippen LogP contribution in [0, 0.1) is 0 Å². The maximum atomic E-state index is 12.4. The van der Waals surface area contributed by atoms with Crippen molar-refractivity contribution in [3.8, 4) is 17.2 Å². The number of carbonyl (C=O) groups is 1. The topological polar surface area (TPSA) is 80.9 Å². The third-order valence-electron chi connectivity index (χ3n) is 4.08. The molecule has 0 atom stereocenters. The Hall–Kier alpha value is -3.00. The smallest absolute Gasteiger partial charge is 0.269 e. The van der Waals surface area contributed by atoms with Crippen LogP contribution < -0.4 is 30.4 Å². The van der Waals surface area contributed by atoms with Crippen molar-refractivity contribution < 1.29 is 19.0 Å². The summed E-state index contributed by atoms with van der Waals surface area (Å²) in [5, 5.41) is 3.33. The molecule has 0 unspecified atom stereocenters. The van der Waals surface area contributed by atoms with Gasteiger partial charge in [-0.25, -0.2) is 0 Å². The van der Waals surface area contributed by atoms with E-state index >= 15 is 0 Å². The molecule has 0 aliphatic heterocycles. The fourth-order valence-electron chi connectivity index (χ4n) is 2.41. The minimum atomic E-state index is -0.336. The van der Waals surface area contributed by atoms with E-state index in [1.165, 1.54) is 0 Å². The summed E-state index contributed by atoms with van der Waals surface area (Å²) >= 11 is 5.19. The summed E-state index contributed by atoms with van der Waals surface area (Å²) in [6.07, 6.45) is 2.00. The number of thiocarbonyl (C=S) groups is 1. The van der Waals surface area contributed by atoms with E-state index < -0.39 is 0 Å². The first-order chi connectivity index (χ1) is 14.1. The van der Waals surface area contributed by atoms with Gasteiger partial charge >= 0.3 is 0 Å². The fraction of sp³-hybridized carbons (Fsp3) is 0.333. The highest BCUT2D eigenvalue weighted by atomic mass is 32.1. The summed E-state index contributed by atoms with van der Waals surface area (Å²) in [4.78, 5) is 12.4. The van der Waals surface area contributed by atoms with Crippen molar-refractivity contribution in [1.29, 1.82) is 0 Å². The number of ether oxygens (including phenoxy) is 3. The van der Waals surface area contributed by atoms with E-state index in [9.17, 15) is 4.79 Å². The van der Waals surface area contributed by atoms with Crippen LogP contribution in [0.4, 0.5) is 0 Å². The minimum Gasteiger partial charge on any atom is -0.497 e. The Morgan fingerprint density at radius 1 is 1.00 bits per heavy atom. The summed E-state index contributed by atoms with van der Waals surface area (Å²) in [6, 6.07) is 12.6. The molecule has 156 valence electrons. The predicted octanol–water partition coefficient (Wildman–Crippen LogP) is 3.19. The van der Waals surface area contributed by atoms with Crippen LogP contribution in [0.3, 0.4) is 0 Å². The van der Waals surface area contributed by atoms with Gasteiger partial charge in [0.2, 0.25) is 0 Å². The summed E-state index contributed by atoms with van der Waals surface area (Å²) in [5.41, 5.74) is 6.72. The Bertz CT molecular complexity index is 812. The molecular weight excluding hydrogens is 390 g/mol. The monoisotopic (exact) mass is 417 g/mol. The highest BCUT2D eigenvalue weighted by Gasteiger charge is 2.11. The van der Waals surface area contributed by atoms with Crippen LogP contribution in [0.15, 0.2) is 42.5 Å². The van der Waals surface area contributed by atoms with Crippen LogP contribution in [0.2, 0.25) is 0 Å². The zero-order valence-electron chi connectivity index (χ0n) is 16.9. The molecule has 0 aromatic heterocycles. The second-order valence-corrected chi connectivity index (χ2v) is 6.59. The molecule has 1 amide bonds. The second kappa shape index (κ2) is 11.8. The number of hydrogen-bond donors (Lipinski definition) is 3. The van der Waals surface area contributed by atoms with Gasteiger partial charge in [-0.15, -0.1) is 0 Å². The Balaban J connectivity index is 1.83. The van der Waals surface area contributed by atoms with Crippen molar-refractivity contribution in [1.82, 2.24) is 16.2 Å². The summed E-state index contributed by atoms with van der Waals surface area (Å²) < 4.78 is 16.1. The molecule has 2 aromatic carbocycles. The van der Waals surface area contributed by atoms with E-state index in [0.29, 0.717) is 35.3 Å². The van der Waals surface area contributed by atoms with Gasteiger partial charge in [0.15, 0.2) is 16.6 Å². The lowest BCUT2D eigenvalue weighted by Crippen LogP contribution is -2.46. The number of hydrazine groups is 1. The molecule has 0 heterocycles. The first-order valence-corrected chi connectivity index (χ1v) is 9.76. The van der Waals surface area contributed by atoms with Gasteiger partial charge in [-0.3, -0.25) is 15.6 Å². The fourth-order valence-corrected chi connectivity index (χ4v) is 2.53. The Morgan fingerprint density at radius 2 is 1.76 bits per heavy atom. The van der Waals surface area contributed by atoms with Gasteiger partial charge in [0.05, 0.1) is 20.8 Å². The van der Waals surface area contributed by atoms with Crippen molar-refractivity contribution in [2.75, 3.05) is 20.8 Å². The second-order valence-electron chi connectivity index (χ2n) is 6.18. The number of unbranched alkanes of at least 4 members (excludes halogenated alkanes) is 1. The van der Waals surface area contributed by atoms with Gasteiger partial charge in [0.1, 0.15) is 5.75 Å². The lowest BCUT2D eigenvalue weighted by Gasteiger charge is -2.14. The quantitative estimate of drug-likeness (QED) is 0.328. The molecule has 7 nitrogen and oxygen atoms in total. The lowest BCUT2D eigenvalue weighted by molar-refractivity contribution is 0.0943. The van der Waals surface area contributed by atoms with E-state index in [0.717, 1.165) is 24.2 Å². The third-order valence-corrected chi connectivity index (χ3v) is 4.33. The standard InChI is InChI=1S/C21H27N3O4S/c1-4-5-12-28-18-11-8-16(13-19(18)27-3)20(25)23-24-21(29)22-14-15-6-9-17(26-2)10-7-15/h6-11,13H,4-5,12,14H2,1-3H3,(H,23,25)(H2,22,24,29). The molecule has 0 saturated carbocycles. The van der Waals surface area contributed by atoms with Gasteiger partial charge in [-0.1, -0.05) is 25.5 Å². The zero-order chi connectivity index (χ0) is 21.1. The van der Waals surface area contributed by atoms with Gasteiger partial charge in [-0.2, -0.15) is 0 Å². The van der Waals surface area contributed by atoms with Gasteiger partial charge in [0.25, 0.3) is 5.91 Å². The minimum absolute atomic E-state index is 0.306. The van der Waals surface area contributed by atoms with Crippen molar-refractivity contribution in [3.63, 3.8) is 0 Å². The summed E-state index contributed by atoms with van der Waals surface area (Å²) in [7, 11) is 3.16. The van der Waals surface area contributed by atoms with Crippen molar-refractivity contribution in [3.05, 3.63) is 53.6 Å². The molecule has 0 spiro atoms. The Labute approximate surface area is 176 Å². The van der Waals surface area contributed by atoms with Crippen LogP contribution in [0.1, 0.15) is 35.7 Å². The summed E-state index contributed by atoms with van der Waals surface area (Å²) in [5.74, 6) is 1.58. The maximum Gasteiger partial charge on any atom is 0.269 e. The molecule has 0 fully saturated rings. The van der Waals surface area contributed by atoms with Crippen LogP contribution in [0.5, 0.6) is 17.2 Å². The van der Waals surface area contributed by atoms with E-state index in [4.69, 9.17) is 26.4 Å². The van der Waals surface area contributed by atoms with Crippen LogP contribution in [-0.4, -0.2) is 31.8 Å². The normalized spacial score (nSPS) is 10.0. The predicted molar refractivity (Wildman–Crippen MR) is 116 cm³/mol. The third kappa shape index (κ3) is 7.15. The average molecular weight is 418 g/mol. The van der Waals surface area contributed by atoms with Crippen LogP contribution >= 0.6 is 12.2 Å². The largest absolute Gasteiger partial charge is 0.497 e. The molecule has 2 aromatic rings. The SMILES string of the molecule is CCCCOc1ccc(C(=O)NNC(=S)NCc2ccc(OC)cc2)cc1OC. The lowest BCUT2D eigenvalue weighted by atomic mass is 10.2. The molecule has 0 aliphatic carbocycles. The molecule has 0 aliphatic rings. The van der Waals surface area contributed by atoms with Crippen molar-refractivity contribution in [2.24, 2.45) is 0 Å². The van der Waals surface area contributed by atoms with Gasteiger partial charge in [0, 0.05) is 12.1 Å². The van der Waals surface area contributed by atoms with Gasteiger partial charge < -0.3 is 19.5 Å². The number of rotatable bonds is 9. The van der Waals surface area contributed by atoms with Crippen LogP contribution in [0.25, 0.3) is 0 Å². The van der Waals surface area contributed by atoms with Gasteiger partial charge in [-0.05, 0) is 54.5 Å². The Morgan fingerprint density at radius 3 is 2.41 bits per heavy atom. The number of carbonyl (C=O) groups excluding carboxylic acids is 1. The number of methoxy groups -OCH3 is 2. The molecule has 2 rings (SSSR count). The molecule has 0 bridgehead atoms. The number of nitrogens with one attached hydrogen (secondary N) is 3. The van der Waals surface area contributed by atoms with E-state index in [1.54, 1.807) is 32.4 Å². The van der Waals surface area contributed by atoms with E-state index in [1.807, 2.05) is 24.3 Å². The molecule has 0 radical (unpaired) electrons. The van der Waals surface area contributed by atoms with Crippen molar-refractivity contribution >= 4 is 23.2 Å². The molecular formula is C21H27N3O4S. The average Bonchev–Trinajstić information content (AvgIpc) is 2.76. The van der Waals surface area contributed by atoms with E-state index in [-0.39, 0.29) is 5.91 Å². The molecule has 29 heavy (non-hydrogen) atoms. The molecule has 8 heteroatoms. The summed E-state index contributed by atoms with van der Waals surface area (Å²) in [6.45, 7) is 3.22. The highest BCUT2D eigenvalue weighted by molar-refractivity contribution is 7.80. The first kappa shape index (κ1) is 22.3. The van der Waals surface area contributed by atoms with E-state index in [2.05, 4.69) is 23.1 Å². The number of benzene rings is 2. The zero-order valence-corrected chi connectivity index (χ0v) is 17.7. The molecule has 3 N–H and O–H groups in total. The number of hydrogen-bond acceptors (Lipinski definition) is 5. The number of amides is 1.